The van der Waals surface area contributed by atoms with Crippen LogP contribution in [0.5, 0.6) is 5.75 Å². The summed E-state index contributed by atoms with van der Waals surface area (Å²) in [5, 5.41) is 7.51. The smallest absolute Gasteiger partial charge is 0.119 e. The van der Waals surface area contributed by atoms with E-state index in [4.69, 9.17) is 4.74 Å². The molecule has 1 aliphatic heterocycles. The van der Waals surface area contributed by atoms with Gasteiger partial charge in [0.2, 0.25) is 0 Å². The standard InChI is InChI=1S/C15H20N4O/c1-6-17-19(9-1)12-13-20-15-4-2-14(3-5-15)18-10-7-16-8-11-18/h1-6,9,16H,7-8,10-13H2. The lowest BCUT2D eigenvalue weighted by Crippen LogP contribution is -2.43. The molecule has 0 aliphatic carbocycles. The number of nitrogens with one attached hydrogen (secondary N) is 1. The Bertz CT molecular complexity index is 503. The zero-order valence-electron chi connectivity index (χ0n) is 11.5. The molecular formula is C15H20N4O. The first kappa shape index (κ1) is 13.0. The van der Waals surface area contributed by atoms with Gasteiger partial charge in [0.15, 0.2) is 0 Å². The van der Waals surface area contributed by atoms with Gasteiger partial charge in [-0.15, -0.1) is 0 Å². The number of rotatable bonds is 5. The van der Waals surface area contributed by atoms with Gasteiger partial charge in [-0.05, 0) is 30.3 Å². The second-order valence-corrected chi connectivity index (χ2v) is 4.85. The van der Waals surface area contributed by atoms with Crippen LogP contribution in [0.25, 0.3) is 0 Å². The van der Waals surface area contributed by atoms with Crippen molar-refractivity contribution in [1.29, 1.82) is 0 Å². The normalized spacial score (nSPS) is 15.3. The lowest BCUT2D eigenvalue weighted by Gasteiger charge is -2.29. The van der Waals surface area contributed by atoms with Gasteiger partial charge in [-0.1, -0.05) is 0 Å². The number of hydrogen-bond donors (Lipinski definition) is 1. The molecule has 1 aromatic heterocycles. The van der Waals surface area contributed by atoms with Crippen LogP contribution in [0.3, 0.4) is 0 Å². The summed E-state index contributed by atoms with van der Waals surface area (Å²) in [5.41, 5.74) is 1.27. The maximum atomic E-state index is 5.73. The summed E-state index contributed by atoms with van der Waals surface area (Å²) in [4.78, 5) is 2.39. The van der Waals surface area contributed by atoms with E-state index in [-0.39, 0.29) is 0 Å². The Morgan fingerprint density at radius 3 is 2.65 bits per heavy atom. The molecule has 5 nitrogen and oxygen atoms in total. The fourth-order valence-corrected chi connectivity index (χ4v) is 2.37. The van der Waals surface area contributed by atoms with Crippen molar-refractivity contribution in [3.63, 3.8) is 0 Å². The number of hydrogen-bond acceptors (Lipinski definition) is 4. The highest BCUT2D eigenvalue weighted by Crippen LogP contribution is 2.19. The molecule has 1 aliphatic rings. The Kier molecular flexibility index (Phi) is 4.18. The quantitative estimate of drug-likeness (QED) is 0.893. The maximum absolute atomic E-state index is 5.73. The van der Waals surface area contributed by atoms with Crippen molar-refractivity contribution in [3.8, 4) is 5.75 Å². The minimum absolute atomic E-state index is 0.634. The van der Waals surface area contributed by atoms with Gasteiger partial charge in [-0.3, -0.25) is 4.68 Å². The van der Waals surface area contributed by atoms with E-state index in [1.165, 1.54) is 5.69 Å². The van der Waals surface area contributed by atoms with Crippen LogP contribution in [-0.2, 0) is 6.54 Å². The number of anilines is 1. The summed E-state index contributed by atoms with van der Waals surface area (Å²) in [5.74, 6) is 0.913. The Balaban J connectivity index is 1.50. The predicted molar refractivity (Wildman–Crippen MR) is 79.2 cm³/mol. The van der Waals surface area contributed by atoms with Crippen molar-refractivity contribution >= 4 is 5.69 Å². The third-order valence-electron chi connectivity index (χ3n) is 3.47. The molecule has 5 heteroatoms. The fourth-order valence-electron chi connectivity index (χ4n) is 2.37. The van der Waals surface area contributed by atoms with E-state index >= 15 is 0 Å². The lowest BCUT2D eigenvalue weighted by molar-refractivity contribution is 0.291. The van der Waals surface area contributed by atoms with Crippen LogP contribution >= 0.6 is 0 Å². The first-order valence-corrected chi connectivity index (χ1v) is 7.08. The van der Waals surface area contributed by atoms with Crippen molar-refractivity contribution in [2.75, 3.05) is 37.7 Å². The molecule has 0 amide bonds. The van der Waals surface area contributed by atoms with Crippen molar-refractivity contribution in [1.82, 2.24) is 15.1 Å². The molecule has 1 fully saturated rings. The molecule has 2 heterocycles. The molecular weight excluding hydrogens is 252 g/mol. The second kappa shape index (κ2) is 6.43. The van der Waals surface area contributed by atoms with Crippen molar-refractivity contribution in [2.45, 2.75) is 6.54 Å². The maximum Gasteiger partial charge on any atom is 0.119 e. The molecule has 1 N–H and O–H groups in total. The Morgan fingerprint density at radius 2 is 1.95 bits per heavy atom. The molecule has 1 aromatic carbocycles. The van der Waals surface area contributed by atoms with Crippen LogP contribution in [0.4, 0.5) is 5.69 Å². The fraction of sp³-hybridized carbons (Fsp3) is 0.400. The minimum Gasteiger partial charge on any atom is -0.492 e. The highest BCUT2D eigenvalue weighted by Gasteiger charge is 2.09. The van der Waals surface area contributed by atoms with E-state index in [9.17, 15) is 0 Å². The van der Waals surface area contributed by atoms with Crippen molar-refractivity contribution < 1.29 is 4.74 Å². The van der Waals surface area contributed by atoms with Gasteiger partial charge in [-0.2, -0.15) is 5.10 Å². The van der Waals surface area contributed by atoms with Crippen LogP contribution < -0.4 is 15.0 Å². The molecule has 106 valence electrons. The van der Waals surface area contributed by atoms with Crippen molar-refractivity contribution in [3.05, 3.63) is 42.7 Å². The summed E-state index contributed by atoms with van der Waals surface area (Å²) in [6.45, 7) is 5.66. The van der Waals surface area contributed by atoms with Crippen LogP contribution in [0.1, 0.15) is 0 Å². The van der Waals surface area contributed by atoms with Gasteiger partial charge < -0.3 is 15.0 Å². The summed E-state index contributed by atoms with van der Waals surface area (Å²) in [6, 6.07) is 10.3. The zero-order chi connectivity index (χ0) is 13.6. The van der Waals surface area contributed by atoms with E-state index in [1.54, 1.807) is 6.20 Å². The third-order valence-corrected chi connectivity index (χ3v) is 3.47. The molecule has 0 spiro atoms. The Morgan fingerprint density at radius 1 is 1.15 bits per heavy atom. The average Bonchev–Trinajstić information content (AvgIpc) is 3.02. The summed E-state index contributed by atoms with van der Waals surface area (Å²) in [6.07, 6.45) is 3.72. The molecule has 0 bridgehead atoms. The number of aromatic nitrogens is 2. The summed E-state index contributed by atoms with van der Waals surface area (Å²) < 4.78 is 7.60. The Labute approximate surface area is 119 Å². The first-order chi connectivity index (χ1) is 9.92. The lowest BCUT2D eigenvalue weighted by atomic mass is 10.2. The molecule has 0 radical (unpaired) electrons. The molecule has 0 unspecified atom stereocenters. The minimum atomic E-state index is 0.634. The van der Waals surface area contributed by atoms with Gasteiger partial charge in [0.1, 0.15) is 12.4 Å². The van der Waals surface area contributed by atoms with Crippen LogP contribution in [0.15, 0.2) is 42.7 Å². The molecule has 0 saturated carbocycles. The molecule has 1 saturated heterocycles. The van der Waals surface area contributed by atoms with Gasteiger partial charge in [-0.25, -0.2) is 0 Å². The Hall–Kier alpha value is -2.01. The van der Waals surface area contributed by atoms with Gasteiger partial charge >= 0.3 is 0 Å². The van der Waals surface area contributed by atoms with Gasteiger partial charge in [0.05, 0.1) is 6.54 Å². The highest BCUT2D eigenvalue weighted by molar-refractivity contribution is 5.49. The van der Waals surface area contributed by atoms with Gasteiger partial charge in [0.25, 0.3) is 0 Å². The van der Waals surface area contributed by atoms with Gasteiger partial charge in [0, 0.05) is 44.3 Å². The summed E-state index contributed by atoms with van der Waals surface area (Å²) >= 11 is 0. The number of ether oxygens (including phenoxy) is 1. The molecule has 2 aromatic rings. The molecule has 3 rings (SSSR count). The average molecular weight is 272 g/mol. The van der Waals surface area contributed by atoms with E-state index in [0.717, 1.165) is 38.5 Å². The SMILES string of the molecule is c1cnn(CCOc2ccc(N3CCNCC3)cc2)c1. The highest BCUT2D eigenvalue weighted by atomic mass is 16.5. The predicted octanol–water partition coefficient (Wildman–Crippen LogP) is 1.37. The molecule has 20 heavy (non-hydrogen) atoms. The monoisotopic (exact) mass is 272 g/mol. The third kappa shape index (κ3) is 3.30. The van der Waals surface area contributed by atoms with E-state index in [0.29, 0.717) is 6.61 Å². The summed E-state index contributed by atoms with van der Waals surface area (Å²) in [7, 11) is 0. The van der Waals surface area contributed by atoms with Crippen molar-refractivity contribution in [2.24, 2.45) is 0 Å². The number of piperazine rings is 1. The topological polar surface area (TPSA) is 42.3 Å². The zero-order valence-corrected chi connectivity index (χ0v) is 11.5. The molecule has 0 atom stereocenters. The largest absolute Gasteiger partial charge is 0.492 e. The van der Waals surface area contributed by atoms with E-state index in [1.807, 2.05) is 29.1 Å². The number of benzene rings is 1. The van der Waals surface area contributed by atoms with E-state index < -0.39 is 0 Å². The van der Waals surface area contributed by atoms with Crippen LogP contribution in [0.2, 0.25) is 0 Å². The second-order valence-electron chi connectivity index (χ2n) is 4.85. The number of nitrogens with zero attached hydrogens (tertiary/aromatic N) is 3. The first-order valence-electron chi connectivity index (χ1n) is 7.08. The van der Waals surface area contributed by atoms with E-state index in [2.05, 4.69) is 27.4 Å². The van der Waals surface area contributed by atoms with Crippen LogP contribution in [-0.4, -0.2) is 42.6 Å². The van der Waals surface area contributed by atoms with Crippen LogP contribution in [0, 0.1) is 0 Å².